The summed E-state index contributed by atoms with van der Waals surface area (Å²) in [6, 6.07) is 13.6. The van der Waals surface area contributed by atoms with Crippen LogP contribution in [0.5, 0.6) is 0 Å². The van der Waals surface area contributed by atoms with E-state index >= 15 is 0 Å². The molecule has 0 unspecified atom stereocenters. The fourth-order valence-corrected chi connectivity index (χ4v) is 2.50. The number of thioether (sulfide) groups is 1. The number of aromatic nitrogens is 1. The van der Waals surface area contributed by atoms with E-state index in [1.807, 2.05) is 43.3 Å². The van der Waals surface area contributed by atoms with Crippen molar-refractivity contribution in [3.63, 3.8) is 0 Å². The molecule has 0 aliphatic heterocycles. The zero-order chi connectivity index (χ0) is 13.7. The van der Waals surface area contributed by atoms with Crippen LogP contribution in [0.1, 0.15) is 11.3 Å². The highest BCUT2D eigenvalue weighted by atomic mass is 32.2. The predicted molar refractivity (Wildman–Crippen MR) is 85.7 cm³/mol. The first-order valence-corrected chi connectivity index (χ1v) is 7.01. The quantitative estimate of drug-likeness (QED) is 0.400. The molecule has 1 aromatic heterocycles. The van der Waals surface area contributed by atoms with E-state index in [-0.39, 0.29) is 5.84 Å². The summed E-state index contributed by atoms with van der Waals surface area (Å²) in [5.41, 5.74) is 1.78. The number of benzene rings is 1. The van der Waals surface area contributed by atoms with E-state index < -0.39 is 0 Å². The van der Waals surface area contributed by atoms with Gasteiger partial charge in [-0.05, 0) is 43.0 Å². The normalized spacial score (nSPS) is 11.4. The van der Waals surface area contributed by atoms with Gasteiger partial charge < -0.3 is 0 Å². The molecule has 19 heavy (non-hydrogen) atoms. The molecule has 0 amide bonds. The van der Waals surface area contributed by atoms with Gasteiger partial charge in [0, 0.05) is 23.7 Å². The predicted octanol–water partition coefficient (Wildman–Crippen LogP) is 2.88. The molecule has 2 rings (SSSR count). The van der Waals surface area contributed by atoms with Crippen molar-refractivity contribution >= 4 is 34.6 Å². The molecule has 0 aliphatic rings. The number of rotatable bonds is 2. The largest absolute Gasteiger partial charge is 0.284 e. The highest BCUT2D eigenvalue weighted by molar-refractivity contribution is 8.27. The summed E-state index contributed by atoms with van der Waals surface area (Å²) in [5, 5.41) is 7.87. The molecular weight excluding hydrogens is 274 g/mol. The summed E-state index contributed by atoms with van der Waals surface area (Å²) < 4.78 is 0.638. The molecule has 1 N–H and O–H groups in total. The number of nitrogens with one attached hydrogen (secondary N) is 1. The van der Waals surface area contributed by atoms with E-state index in [9.17, 15) is 0 Å². The van der Waals surface area contributed by atoms with Crippen molar-refractivity contribution in [2.75, 3.05) is 0 Å². The highest BCUT2D eigenvalue weighted by Crippen LogP contribution is 2.19. The molecule has 0 saturated carbocycles. The summed E-state index contributed by atoms with van der Waals surface area (Å²) in [5.74, 6) is 0.144. The lowest BCUT2D eigenvalue weighted by molar-refractivity contribution is 1.26. The van der Waals surface area contributed by atoms with E-state index in [2.05, 4.69) is 22.6 Å². The van der Waals surface area contributed by atoms with Crippen LogP contribution in [0, 0.1) is 12.3 Å². The van der Waals surface area contributed by atoms with Gasteiger partial charge in [0.15, 0.2) is 5.84 Å². The molecule has 0 spiro atoms. The summed E-state index contributed by atoms with van der Waals surface area (Å²) in [4.78, 5) is 9.34. The number of hydrogen-bond donors (Lipinski definition) is 1. The van der Waals surface area contributed by atoms with Crippen LogP contribution >= 0.6 is 11.8 Å². The van der Waals surface area contributed by atoms with Crippen molar-refractivity contribution < 1.29 is 0 Å². The Morgan fingerprint density at radius 2 is 1.95 bits per heavy atom. The van der Waals surface area contributed by atoms with Crippen LogP contribution in [0.2, 0.25) is 0 Å². The molecule has 1 heterocycles. The van der Waals surface area contributed by atoms with Gasteiger partial charge in [0.25, 0.3) is 4.38 Å². The molecule has 5 heteroatoms. The fourth-order valence-electron chi connectivity index (χ4n) is 1.40. The third-order valence-corrected chi connectivity index (χ3v) is 3.57. The lowest BCUT2D eigenvalue weighted by atomic mass is 10.2. The molecule has 3 nitrogen and oxygen atoms in total. The lowest BCUT2D eigenvalue weighted by Gasteiger charge is -1.98. The summed E-state index contributed by atoms with van der Waals surface area (Å²) in [6.45, 7) is 2.05. The monoisotopic (exact) mass is 288 g/mol. The van der Waals surface area contributed by atoms with Crippen molar-refractivity contribution in [2.24, 2.45) is 4.99 Å². The number of hydrogen-bond acceptors (Lipinski definition) is 3. The molecule has 0 aliphatic carbocycles. The van der Waals surface area contributed by atoms with Crippen molar-refractivity contribution in [3.8, 4) is 0 Å². The average Bonchev–Trinajstić information content (AvgIpc) is 2.42. The van der Waals surface area contributed by atoms with Gasteiger partial charge >= 0.3 is 0 Å². The van der Waals surface area contributed by atoms with Gasteiger partial charge in [0.2, 0.25) is 0 Å². The number of pyridine rings is 1. The molecule has 0 saturated heterocycles. The number of amidine groups is 1. The van der Waals surface area contributed by atoms with E-state index in [1.165, 1.54) is 17.3 Å². The molecular formula is C14H14N3S2+. The first-order chi connectivity index (χ1) is 9.15. The second-order valence-electron chi connectivity index (χ2n) is 3.90. The summed E-state index contributed by atoms with van der Waals surface area (Å²) in [7, 11) is 0. The van der Waals surface area contributed by atoms with Gasteiger partial charge in [-0.15, -0.1) is 0 Å². The van der Waals surface area contributed by atoms with Crippen molar-refractivity contribution in [2.45, 2.75) is 11.8 Å². The Hall–Kier alpha value is -1.59. The van der Waals surface area contributed by atoms with Gasteiger partial charge in [-0.3, -0.25) is 10.4 Å². The Labute approximate surface area is 122 Å². The number of aryl methyl sites for hydroxylation is 1. The van der Waals surface area contributed by atoms with E-state index in [4.69, 9.17) is 5.41 Å². The topological polar surface area (TPSA) is 49.1 Å². The van der Waals surface area contributed by atoms with Gasteiger partial charge in [0.05, 0.1) is 0 Å². The molecule has 0 radical (unpaired) electrons. The van der Waals surface area contributed by atoms with Crippen LogP contribution in [0.25, 0.3) is 0 Å². The standard InChI is InChI=1S/C14H13N3S2/c1-10-5-7-11(8-6-10)19-14(18)17-13(15)12-4-2-3-9-16-12/h2-9H,1H3,(H2,15,17,18)/p+1. The smallest absolute Gasteiger partial charge is 0.281 e. The maximum absolute atomic E-state index is 7.87. The van der Waals surface area contributed by atoms with Crippen LogP contribution in [-0.4, -0.2) is 15.2 Å². The maximum Gasteiger partial charge on any atom is 0.284 e. The van der Waals surface area contributed by atoms with Crippen LogP contribution < -0.4 is 0 Å². The van der Waals surface area contributed by atoms with Crippen molar-refractivity contribution in [1.82, 2.24) is 4.98 Å². The van der Waals surface area contributed by atoms with Gasteiger partial charge in [-0.1, -0.05) is 23.8 Å². The number of aliphatic imine (C=N–C) groups is 1. The maximum atomic E-state index is 7.87. The fraction of sp³-hybridized carbons (Fsp3) is 0.0714. The van der Waals surface area contributed by atoms with Crippen LogP contribution in [-0.2, 0) is 12.6 Å². The second kappa shape index (κ2) is 6.54. The van der Waals surface area contributed by atoms with Gasteiger partial charge in [-0.25, -0.2) is 0 Å². The summed E-state index contributed by atoms with van der Waals surface area (Å²) >= 11 is 4.90. The lowest BCUT2D eigenvalue weighted by Crippen LogP contribution is -2.00. The first kappa shape index (κ1) is 13.8. The SMILES string of the molecule is Cc1ccc(SC([SH2+])=NC(=N)c2ccccn2)cc1. The molecule has 2 aromatic rings. The Kier molecular flexibility index (Phi) is 4.76. The van der Waals surface area contributed by atoms with E-state index in [0.717, 1.165) is 4.90 Å². The molecule has 1 aromatic carbocycles. The highest BCUT2D eigenvalue weighted by Gasteiger charge is 2.07. The zero-order valence-electron chi connectivity index (χ0n) is 10.4. The first-order valence-electron chi connectivity index (χ1n) is 5.70. The molecule has 96 valence electrons. The van der Waals surface area contributed by atoms with Crippen molar-refractivity contribution in [1.29, 1.82) is 5.41 Å². The zero-order valence-corrected chi connectivity index (χ0v) is 12.2. The minimum absolute atomic E-state index is 0.144. The Morgan fingerprint density at radius 3 is 2.58 bits per heavy atom. The Balaban J connectivity index is 2.07. The second-order valence-corrected chi connectivity index (χ2v) is 5.79. The number of nitrogens with zero attached hydrogens (tertiary/aromatic N) is 2. The van der Waals surface area contributed by atoms with Crippen molar-refractivity contribution in [3.05, 3.63) is 59.9 Å². The molecule has 0 atom stereocenters. The van der Waals surface area contributed by atoms with E-state index in [1.54, 1.807) is 12.3 Å². The minimum atomic E-state index is 0.144. The van der Waals surface area contributed by atoms with Crippen LogP contribution in [0.4, 0.5) is 0 Å². The third-order valence-electron chi connectivity index (χ3n) is 2.36. The molecule has 0 fully saturated rings. The van der Waals surface area contributed by atoms with Crippen LogP contribution in [0.3, 0.4) is 0 Å². The van der Waals surface area contributed by atoms with Gasteiger partial charge in [0.1, 0.15) is 5.69 Å². The summed E-state index contributed by atoms with van der Waals surface area (Å²) in [6.07, 6.45) is 1.65. The van der Waals surface area contributed by atoms with Crippen LogP contribution in [0.15, 0.2) is 58.5 Å². The average molecular weight is 288 g/mol. The van der Waals surface area contributed by atoms with E-state index in [0.29, 0.717) is 10.1 Å². The molecule has 0 bridgehead atoms. The Morgan fingerprint density at radius 1 is 1.21 bits per heavy atom. The third kappa shape index (κ3) is 4.22. The Bertz CT molecular complexity index is 592. The van der Waals surface area contributed by atoms with Gasteiger partial charge in [-0.2, -0.15) is 4.99 Å². The minimum Gasteiger partial charge on any atom is -0.281 e.